The summed E-state index contributed by atoms with van der Waals surface area (Å²) in [4.78, 5) is 25.9. The number of rotatable bonds is 5. The van der Waals surface area contributed by atoms with Crippen LogP contribution < -0.4 is 10.6 Å². The smallest absolute Gasteiger partial charge is 0.256 e. The molecule has 3 heterocycles. The topological polar surface area (TPSA) is 156 Å². The second-order valence-corrected chi connectivity index (χ2v) is 8.98. The third-order valence-electron chi connectivity index (χ3n) is 7.20. The van der Waals surface area contributed by atoms with Crippen LogP contribution in [-0.4, -0.2) is 76.9 Å². The third kappa shape index (κ3) is 2.97. The lowest BCUT2D eigenvalue weighted by Gasteiger charge is -2.23. The number of imidazole rings is 1. The molecule has 2 aliphatic rings. The van der Waals surface area contributed by atoms with E-state index in [1.807, 2.05) is 0 Å². The lowest BCUT2D eigenvalue weighted by molar-refractivity contribution is -0.132. The number of benzene rings is 1. The predicted molar refractivity (Wildman–Crippen MR) is 121 cm³/mol. The number of nitrogens with zero attached hydrogens (tertiary/aromatic N) is 7. The SMILES string of the molecule is CNC(=O)[C@]12CC1[C@@H](n1cnc3c(NC)nc(-n4cc(-c5ccc(F)c(F)c5)nn4)nc31)C(O)[C@@H]2O. The van der Waals surface area contributed by atoms with Crippen molar-refractivity contribution in [1.29, 1.82) is 0 Å². The minimum atomic E-state index is -1.23. The van der Waals surface area contributed by atoms with Gasteiger partial charge in [0.2, 0.25) is 5.91 Å². The first-order valence-corrected chi connectivity index (χ1v) is 11.2. The van der Waals surface area contributed by atoms with Gasteiger partial charge in [0.25, 0.3) is 5.95 Å². The van der Waals surface area contributed by atoms with Crippen LogP contribution in [0, 0.1) is 23.0 Å². The van der Waals surface area contributed by atoms with Crippen LogP contribution in [0.25, 0.3) is 28.4 Å². The van der Waals surface area contributed by atoms with E-state index in [1.165, 1.54) is 30.3 Å². The molecule has 2 unspecified atom stereocenters. The Balaban J connectivity index is 1.42. The Kier molecular flexibility index (Phi) is 4.82. The maximum Gasteiger partial charge on any atom is 0.256 e. The first-order chi connectivity index (χ1) is 17.3. The highest BCUT2D eigenvalue weighted by atomic mass is 19.2. The van der Waals surface area contributed by atoms with Crippen molar-refractivity contribution in [3.63, 3.8) is 0 Å². The predicted octanol–water partition coefficient (Wildman–Crippen LogP) is 0.423. The number of aliphatic hydroxyl groups excluding tert-OH is 2. The van der Waals surface area contributed by atoms with Crippen molar-refractivity contribution in [1.82, 2.24) is 39.8 Å². The number of nitrogens with one attached hydrogen (secondary N) is 2. The number of fused-ring (bicyclic) bond motifs is 2. The van der Waals surface area contributed by atoms with Crippen molar-refractivity contribution >= 4 is 22.9 Å². The van der Waals surface area contributed by atoms with E-state index >= 15 is 0 Å². The van der Waals surface area contributed by atoms with Crippen molar-refractivity contribution in [2.75, 3.05) is 19.4 Å². The number of aromatic nitrogens is 7. The maximum atomic E-state index is 13.7. The van der Waals surface area contributed by atoms with Gasteiger partial charge >= 0.3 is 0 Å². The molecule has 4 N–H and O–H groups in total. The van der Waals surface area contributed by atoms with Crippen molar-refractivity contribution in [2.45, 2.75) is 24.7 Å². The standard InChI is InChI=1S/C22H21F2N9O3/c1-25-18-14-19(32(8-27-14)15-10-6-22(10,20(36)26-2)17(35)16(15)34)29-21(28-18)33-7-13(30-31-33)9-3-4-11(23)12(24)5-9/h3-5,7-8,10,15-17,34-35H,6H2,1-2H3,(H,26,36)(H,25,28,29)/t10?,15-,16?,17+,22-/m1/s1. The molecule has 1 aromatic carbocycles. The summed E-state index contributed by atoms with van der Waals surface area (Å²) in [6, 6.07) is 2.76. The second-order valence-electron chi connectivity index (χ2n) is 8.98. The van der Waals surface area contributed by atoms with E-state index in [1.54, 1.807) is 11.6 Å². The van der Waals surface area contributed by atoms with Gasteiger partial charge in [0.15, 0.2) is 28.6 Å². The highest BCUT2D eigenvalue weighted by Gasteiger charge is 2.75. The minimum absolute atomic E-state index is 0.108. The van der Waals surface area contributed by atoms with Gasteiger partial charge in [0.05, 0.1) is 30.1 Å². The number of halogens is 2. The first-order valence-electron chi connectivity index (χ1n) is 11.2. The molecular formula is C22H21F2N9O3. The summed E-state index contributed by atoms with van der Waals surface area (Å²) in [6.45, 7) is 0. The lowest BCUT2D eigenvalue weighted by Crippen LogP contribution is -2.41. The normalized spacial score (nSPS) is 26.7. The summed E-state index contributed by atoms with van der Waals surface area (Å²) in [5.74, 6) is -2.11. The Bertz CT molecular complexity index is 1520. The molecule has 2 saturated carbocycles. The van der Waals surface area contributed by atoms with E-state index in [0.717, 1.165) is 12.1 Å². The van der Waals surface area contributed by atoms with Crippen LogP contribution >= 0.6 is 0 Å². The van der Waals surface area contributed by atoms with Crippen LogP contribution in [0.3, 0.4) is 0 Å². The molecule has 0 saturated heterocycles. The average Bonchev–Trinajstić information content (AvgIpc) is 3.16. The number of anilines is 1. The van der Waals surface area contributed by atoms with Gasteiger partial charge in [-0.05, 0) is 24.6 Å². The van der Waals surface area contributed by atoms with Gasteiger partial charge in [0, 0.05) is 25.6 Å². The maximum absolute atomic E-state index is 13.7. The van der Waals surface area contributed by atoms with E-state index in [-0.39, 0.29) is 23.5 Å². The van der Waals surface area contributed by atoms with Crippen LogP contribution in [0.5, 0.6) is 0 Å². The quantitative estimate of drug-likeness (QED) is 0.307. The van der Waals surface area contributed by atoms with Crippen molar-refractivity contribution in [3.05, 3.63) is 42.4 Å². The van der Waals surface area contributed by atoms with Gasteiger partial charge in [-0.2, -0.15) is 14.6 Å². The van der Waals surface area contributed by atoms with Gasteiger partial charge < -0.3 is 25.4 Å². The molecule has 2 fully saturated rings. The van der Waals surface area contributed by atoms with Gasteiger partial charge in [-0.3, -0.25) is 4.79 Å². The van der Waals surface area contributed by atoms with E-state index in [0.29, 0.717) is 29.0 Å². The Morgan fingerprint density at radius 1 is 1.19 bits per heavy atom. The van der Waals surface area contributed by atoms with Crippen LogP contribution in [0.2, 0.25) is 0 Å². The Labute approximate surface area is 202 Å². The number of amides is 1. The summed E-state index contributed by atoms with van der Waals surface area (Å²) in [5, 5.41) is 35.2. The highest BCUT2D eigenvalue weighted by molar-refractivity contribution is 5.88. The molecule has 1 amide bonds. The number of carbonyl (C=O) groups excluding carboxylic acids is 1. The molecular weight excluding hydrogens is 476 g/mol. The third-order valence-corrected chi connectivity index (χ3v) is 7.20. The summed E-state index contributed by atoms with van der Waals surface area (Å²) in [5.41, 5.74) is 0.317. The minimum Gasteiger partial charge on any atom is -0.389 e. The molecule has 0 radical (unpaired) electrons. The fraction of sp³-hybridized carbons (Fsp3) is 0.364. The van der Waals surface area contributed by atoms with Gasteiger partial charge in [-0.25, -0.2) is 13.8 Å². The monoisotopic (exact) mass is 497 g/mol. The number of carbonyl (C=O) groups is 1. The van der Waals surface area contributed by atoms with Crippen LogP contribution in [-0.2, 0) is 4.79 Å². The molecule has 0 bridgehead atoms. The summed E-state index contributed by atoms with van der Waals surface area (Å²) >= 11 is 0. The fourth-order valence-corrected chi connectivity index (χ4v) is 5.34. The van der Waals surface area contributed by atoms with Crippen molar-refractivity contribution < 1.29 is 23.8 Å². The van der Waals surface area contributed by atoms with Gasteiger partial charge in [0.1, 0.15) is 11.8 Å². The first kappa shape index (κ1) is 22.4. The van der Waals surface area contributed by atoms with Crippen LogP contribution in [0.15, 0.2) is 30.7 Å². The summed E-state index contributed by atoms with van der Waals surface area (Å²) < 4.78 is 29.9. The van der Waals surface area contributed by atoms with E-state index < -0.39 is 35.3 Å². The molecule has 14 heteroatoms. The van der Waals surface area contributed by atoms with E-state index in [2.05, 4.69) is 35.9 Å². The summed E-state index contributed by atoms with van der Waals surface area (Å²) in [6.07, 6.45) is 0.953. The molecule has 36 heavy (non-hydrogen) atoms. The Morgan fingerprint density at radius 2 is 2.00 bits per heavy atom. The Hall–Kier alpha value is -4.04. The lowest BCUT2D eigenvalue weighted by atomic mass is 9.98. The van der Waals surface area contributed by atoms with E-state index in [9.17, 15) is 23.8 Å². The van der Waals surface area contributed by atoms with Crippen LogP contribution in [0.1, 0.15) is 12.5 Å². The molecule has 186 valence electrons. The number of aliphatic hydroxyl groups is 2. The highest BCUT2D eigenvalue weighted by Crippen LogP contribution is 2.67. The van der Waals surface area contributed by atoms with Crippen LogP contribution in [0.4, 0.5) is 14.6 Å². The molecule has 6 rings (SSSR count). The molecule has 5 atom stereocenters. The zero-order chi connectivity index (χ0) is 25.4. The summed E-state index contributed by atoms with van der Waals surface area (Å²) in [7, 11) is 3.15. The molecule has 4 aromatic rings. The molecule has 0 spiro atoms. The number of hydrogen-bond acceptors (Lipinski definition) is 9. The van der Waals surface area contributed by atoms with Gasteiger partial charge in [-0.1, -0.05) is 5.21 Å². The fourth-order valence-electron chi connectivity index (χ4n) is 5.34. The number of hydrogen-bond donors (Lipinski definition) is 4. The molecule has 12 nitrogen and oxygen atoms in total. The second kappa shape index (κ2) is 7.73. The van der Waals surface area contributed by atoms with Gasteiger partial charge in [-0.15, -0.1) is 5.10 Å². The molecule has 3 aromatic heterocycles. The Morgan fingerprint density at radius 3 is 2.72 bits per heavy atom. The van der Waals surface area contributed by atoms with Crippen molar-refractivity contribution in [2.24, 2.45) is 11.3 Å². The largest absolute Gasteiger partial charge is 0.389 e. The zero-order valence-electron chi connectivity index (χ0n) is 19.1. The van der Waals surface area contributed by atoms with Crippen molar-refractivity contribution in [3.8, 4) is 17.2 Å². The zero-order valence-corrected chi connectivity index (χ0v) is 19.1. The molecule has 2 aliphatic carbocycles. The molecule has 0 aliphatic heterocycles. The van der Waals surface area contributed by atoms with E-state index in [4.69, 9.17) is 0 Å². The average molecular weight is 497 g/mol.